The van der Waals surface area contributed by atoms with Crippen molar-refractivity contribution in [3.05, 3.63) is 58.4 Å². The molecule has 6 heteroatoms. The van der Waals surface area contributed by atoms with E-state index in [4.69, 9.17) is 26.8 Å². The second-order valence-corrected chi connectivity index (χ2v) is 4.59. The van der Waals surface area contributed by atoms with Crippen molar-refractivity contribution in [3.63, 3.8) is 0 Å². The van der Waals surface area contributed by atoms with Crippen LogP contribution in [0.25, 0.3) is 0 Å². The topological polar surface area (TPSA) is 61.5 Å². The Kier molecular flexibility index (Phi) is 4.65. The second kappa shape index (κ2) is 6.45. The minimum Gasteiger partial charge on any atom is -0.495 e. The highest BCUT2D eigenvalue weighted by atomic mass is 35.5. The number of anilines is 1. The van der Waals surface area contributed by atoms with E-state index >= 15 is 0 Å². The van der Waals surface area contributed by atoms with Crippen molar-refractivity contribution in [2.45, 2.75) is 6.61 Å². The number of hydrogen-bond acceptors (Lipinski definition) is 4. The standard InChI is InChI=1S/C15H13ClFNO3/c1-20-12-7-3-5-10(14(12)18)15(19)21-8-9-4-2-6-11(17)13(9)16/h2-7H,8,18H2,1H3. The molecule has 2 aromatic carbocycles. The number of methoxy groups -OCH3 is 1. The number of benzene rings is 2. The van der Waals surface area contributed by atoms with Crippen LogP contribution in [-0.4, -0.2) is 13.1 Å². The minimum atomic E-state index is -0.633. The van der Waals surface area contributed by atoms with Crippen LogP contribution in [0.3, 0.4) is 0 Å². The van der Waals surface area contributed by atoms with E-state index in [1.807, 2.05) is 0 Å². The molecule has 0 radical (unpaired) electrons. The number of ether oxygens (including phenoxy) is 2. The molecule has 0 saturated carbocycles. The zero-order valence-electron chi connectivity index (χ0n) is 11.2. The molecule has 2 aromatic rings. The summed E-state index contributed by atoms with van der Waals surface area (Å²) >= 11 is 5.79. The zero-order chi connectivity index (χ0) is 15.4. The molecule has 0 saturated heterocycles. The molecular formula is C15H13ClFNO3. The number of esters is 1. The van der Waals surface area contributed by atoms with Crippen molar-refractivity contribution >= 4 is 23.3 Å². The summed E-state index contributed by atoms with van der Waals surface area (Å²) < 4.78 is 23.4. The third kappa shape index (κ3) is 3.25. The summed E-state index contributed by atoms with van der Waals surface area (Å²) in [5, 5.41) is -0.0658. The maximum Gasteiger partial charge on any atom is 0.340 e. The molecule has 0 bridgehead atoms. The van der Waals surface area contributed by atoms with Crippen molar-refractivity contribution in [2.24, 2.45) is 0 Å². The van der Waals surface area contributed by atoms with Crippen LogP contribution in [0.4, 0.5) is 10.1 Å². The maximum absolute atomic E-state index is 13.3. The lowest BCUT2D eigenvalue weighted by molar-refractivity contribution is 0.0473. The van der Waals surface area contributed by atoms with E-state index in [2.05, 4.69) is 0 Å². The van der Waals surface area contributed by atoms with Gasteiger partial charge in [-0.25, -0.2) is 9.18 Å². The van der Waals surface area contributed by atoms with Crippen LogP contribution < -0.4 is 10.5 Å². The van der Waals surface area contributed by atoms with Crippen molar-refractivity contribution < 1.29 is 18.7 Å². The molecule has 110 valence electrons. The quantitative estimate of drug-likeness (QED) is 0.694. The minimum absolute atomic E-state index is 0.0658. The Morgan fingerprint density at radius 3 is 2.71 bits per heavy atom. The summed E-state index contributed by atoms with van der Waals surface area (Å²) in [5.74, 6) is -0.814. The van der Waals surface area contributed by atoms with Gasteiger partial charge in [-0.15, -0.1) is 0 Å². The molecule has 0 aliphatic carbocycles. The SMILES string of the molecule is COc1cccc(C(=O)OCc2cccc(F)c2Cl)c1N. The van der Waals surface area contributed by atoms with Gasteiger partial charge >= 0.3 is 5.97 Å². The molecule has 0 amide bonds. The smallest absolute Gasteiger partial charge is 0.340 e. The Balaban J connectivity index is 2.14. The van der Waals surface area contributed by atoms with Crippen LogP contribution in [0, 0.1) is 5.82 Å². The lowest BCUT2D eigenvalue weighted by atomic mass is 10.1. The maximum atomic E-state index is 13.3. The summed E-state index contributed by atoms with van der Waals surface area (Å²) in [6.07, 6.45) is 0. The average Bonchev–Trinajstić information content (AvgIpc) is 2.48. The number of nitrogen functional groups attached to an aromatic ring is 1. The average molecular weight is 310 g/mol. The van der Waals surface area contributed by atoms with Gasteiger partial charge in [0.05, 0.1) is 23.4 Å². The second-order valence-electron chi connectivity index (χ2n) is 4.21. The van der Waals surface area contributed by atoms with Gasteiger partial charge < -0.3 is 15.2 Å². The molecule has 2 N–H and O–H groups in total. The molecule has 0 aromatic heterocycles. The predicted octanol–water partition coefficient (Wildman–Crippen LogP) is 3.43. The number of carbonyl (C=O) groups is 1. The van der Waals surface area contributed by atoms with Gasteiger partial charge in [-0.2, -0.15) is 0 Å². The van der Waals surface area contributed by atoms with Gasteiger partial charge in [-0.05, 0) is 18.2 Å². The highest BCUT2D eigenvalue weighted by Crippen LogP contribution is 2.26. The number of rotatable bonds is 4. The predicted molar refractivity (Wildman–Crippen MR) is 77.9 cm³/mol. The van der Waals surface area contributed by atoms with E-state index < -0.39 is 11.8 Å². The molecule has 21 heavy (non-hydrogen) atoms. The summed E-state index contributed by atoms with van der Waals surface area (Å²) in [4.78, 5) is 12.0. The molecule has 0 unspecified atom stereocenters. The molecule has 0 heterocycles. The first kappa shape index (κ1) is 15.1. The summed E-state index contributed by atoms with van der Waals surface area (Å²) in [6, 6.07) is 9.08. The Morgan fingerprint density at radius 1 is 1.29 bits per heavy atom. The fraction of sp³-hybridized carbons (Fsp3) is 0.133. The van der Waals surface area contributed by atoms with E-state index in [0.717, 1.165) is 0 Å². The van der Waals surface area contributed by atoms with E-state index in [1.165, 1.54) is 25.3 Å². The number of halogens is 2. The van der Waals surface area contributed by atoms with Crippen LogP contribution >= 0.6 is 11.6 Å². The van der Waals surface area contributed by atoms with Crippen molar-refractivity contribution in [1.82, 2.24) is 0 Å². The van der Waals surface area contributed by atoms with Crippen LogP contribution in [0.1, 0.15) is 15.9 Å². The van der Waals surface area contributed by atoms with Gasteiger partial charge in [0.15, 0.2) is 0 Å². The summed E-state index contributed by atoms with van der Waals surface area (Å²) in [6.45, 7) is -0.147. The molecule has 0 spiro atoms. The number of nitrogens with two attached hydrogens (primary N) is 1. The highest BCUT2D eigenvalue weighted by Gasteiger charge is 2.15. The first-order chi connectivity index (χ1) is 10.0. The molecule has 0 aliphatic rings. The molecule has 2 rings (SSSR count). The molecule has 0 fully saturated rings. The largest absolute Gasteiger partial charge is 0.495 e. The molecule has 0 atom stereocenters. The van der Waals surface area contributed by atoms with Crippen LogP contribution in [0.5, 0.6) is 5.75 Å². The van der Waals surface area contributed by atoms with Gasteiger partial charge in [0.1, 0.15) is 18.2 Å². The Labute approximate surface area is 126 Å². The first-order valence-electron chi connectivity index (χ1n) is 6.07. The zero-order valence-corrected chi connectivity index (χ0v) is 12.0. The van der Waals surface area contributed by atoms with Crippen molar-refractivity contribution in [2.75, 3.05) is 12.8 Å². The fourth-order valence-electron chi connectivity index (χ4n) is 1.78. The van der Waals surface area contributed by atoms with E-state index in [-0.39, 0.29) is 22.9 Å². The Morgan fingerprint density at radius 2 is 2.00 bits per heavy atom. The number of carbonyl (C=O) groups excluding carboxylic acids is 1. The van der Waals surface area contributed by atoms with Gasteiger partial charge in [-0.1, -0.05) is 29.8 Å². The monoisotopic (exact) mass is 309 g/mol. The highest BCUT2D eigenvalue weighted by molar-refractivity contribution is 6.31. The number of para-hydroxylation sites is 1. The summed E-state index contributed by atoms with van der Waals surface area (Å²) in [5.41, 5.74) is 6.56. The first-order valence-corrected chi connectivity index (χ1v) is 6.45. The normalized spacial score (nSPS) is 10.2. The van der Waals surface area contributed by atoms with Crippen molar-refractivity contribution in [3.8, 4) is 5.75 Å². The van der Waals surface area contributed by atoms with Gasteiger partial charge in [0, 0.05) is 5.56 Å². The van der Waals surface area contributed by atoms with Crippen LogP contribution in [0.15, 0.2) is 36.4 Å². The van der Waals surface area contributed by atoms with Crippen LogP contribution in [0.2, 0.25) is 5.02 Å². The Bertz CT molecular complexity index is 676. The third-order valence-electron chi connectivity index (χ3n) is 2.90. The third-order valence-corrected chi connectivity index (χ3v) is 3.32. The summed E-state index contributed by atoms with van der Waals surface area (Å²) in [7, 11) is 1.45. The van der Waals surface area contributed by atoms with Gasteiger partial charge in [0.25, 0.3) is 0 Å². The van der Waals surface area contributed by atoms with E-state index in [9.17, 15) is 9.18 Å². The molecular weight excluding hydrogens is 297 g/mol. The lowest BCUT2D eigenvalue weighted by Gasteiger charge is -2.10. The molecule has 0 aliphatic heterocycles. The van der Waals surface area contributed by atoms with E-state index in [1.54, 1.807) is 18.2 Å². The molecule has 4 nitrogen and oxygen atoms in total. The number of hydrogen-bond donors (Lipinski definition) is 1. The lowest BCUT2D eigenvalue weighted by Crippen LogP contribution is -2.09. The van der Waals surface area contributed by atoms with E-state index in [0.29, 0.717) is 11.3 Å². The fourth-order valence-corrected chi connectivity index (χ4v) is 1.96. The van der Waals surface area contributed by atoms with Gasteiger partial charge in [-0.3, -0.25) is 0 Å². The van der Waals surface area contributed by atoms with Crippen LogP contribution in [-0.2, 0) is 11.3 Å². The Hall–Kier alpha value is -2.27. The van der Waals surface area contributed by atoms with Crippen molar-refractivity contribution in [1.29, 1.82) is 0 Å². The van der Waals surface area contributed by atoms with Gasteiger partial charge in [0.2, 0.25) is 0 Å².